The minimum Gasteiger partial charge on any atom is -0.481 e. The fourth-order valence-corrected chi connectivity index (χ4v) is 2.81. The summed E-state index contributed by atoms with van der Waals surface area (Å²) in [5.41, 5.74) is 0.128. The molecule has 0 aliphatic carbocycles. The van der Waals surface area contributed by atoms with E-state index >= 15 is 0 Å². The number of hydrogen-bond acceptors (Lipinski definition) is 3. The van der Waals surface area contributed by atoms with Crippen LogP contribution in [0, 0.1) is 23.1 Å². The summed E-state index contributed by atoms with van der Waals surface area (Å²) in [5, 5.41) is 18.6. The predicted molar refractivity (Wildman–Crippen MR) is 71.7 cm³/mol. The molecular formula is C14H14ClFN2O2. The van der Waals surface area contributed by atoms with E-state index in [4.69, 9.17) is 16.7 Å². The zero-order valence-electron chi connectivity index (χ0n) is 10.7. The van der Waals surface area contributed by atoms with Gasteiger partial charge < -0.3 is 5.11 Å². The van der Waals surface area contributed by atoms with Crippen LogP contribution < -0.4 is 0 Å². The molecule has 2 unspecified atom stereocenters. The number of carboxylic acid groups (broad SMARTS) is 1. The highest BCUT2D eigenvalue weighted by Crippen LogP contribution is 2.32. The number of carboxylic acids is 1. The third-order valence-electron chi connectivity index (χ3n) is 3.56. The van der Waals surface area contributed by atoms with Crippen molar-refractivity contribution in [3.63, 3.8) is 0 Å². The summed E-state index contributed by atoms with van der Waals surface area (Å²) in [7, 11) is 0. The summed E-state index contributed by atoms with van der Waals surface area (Å²) in [6.07, 6.45) is 1.25. The molecule has 6 heteroatoms. The van der Waals surface area contributed by atoms with Crippen molar-refractivity contribution in [2.75, 3.05) is 13.1 Å². The van der Waals surface area contributed by atoms with Gasteiger partial charge in [-0.1, -0.05) is 17.7 Å². The zero-order chi connectivity index (χ0) is 14.7. The van der Waals surface area contributed by atoms with Crippen molar-refractivity contribution in [2.24, 2.45) is 5.92 Å². The number of rotatable bonds is 3. The van der Waals surface area contributed by atoms with Gasteiger partial charge in [0, 0.05) is 17.1 Å². The normalized spacial score (nSPS) is 21.1. The summed E-state index contributed by atoms with van der Waals surface area (Å²) >= 11 is 5.99. The van der Waals surface area contributed by atoms with Crippen LogP contribution in [0.15, 0.2) is 18.2 Å². The van der Waals surface area contributed by atoms with Gasteiger partial charge in [-0.25, -0.2) is 4.39 Å². The van der Waals surface area contributed by atoms with Gasteiger partial charge in [0.2, 0.25) is 0 Å². The van der Waals surface area contributed by atoms with Crippen molar-refractivity contribution in [3.05, 3.63) is 34.6 Å². The Morgan fingerprint density at radius 2 is 2.35 bits per heavy atom. The number of nitrogens with zero attached hydrogens (tertiary/aromatic N) is 2. The summed E-state index contributed by atoms with van der Waals surface area (Å²) in [5.74, 6) is -1.95. The van der Waals surface area contributed by atoms with Crippen molar-refractivity contribution >= 4 is 17.6 Å². The van der Waals surface area contributed by atoms with Crippen molar-refractivity contribution in [1.82, 2.24) is 4.90 Å². The Morgan fingerprint density at radius 1 is 1.60 bits per heavy atom. The Morgan fingerprint density at radius 3 is 2.95 bits per heavy atom. The molecule has 1 aromatic carbocycles. The van der Waals surface area contributed by atoms with Gasteiger partial charge in [0.05, 0.1) is 12.0 Å². The summed E-state index contributed by atoms with van der Waals surface area (Å²) in [4.78, 5) is 12.8. The standard InChI is InChI=1S/C14H14ClFN2O2/c15-10-4-1-5-11(16)13(10)12(7-17)18-6-2-3-9(8-18)14(19)20/h1,4-5,9,12H,2-3,6,8H2,(H,19,20). The molecule has 0 saturated carbocycles. The molecular weight excluding hydrogens is 283 g/mol. The molecule has 1 fully saturated rings. The minimum absolute atomic E-state index is 0.128. The summed E-state index contributed by atoms with van der Waals surface area (Å²) < 4.78 is 13.9. The Kier molecular flexibility index (Phi) is 4.58. The Balaban J connectivity index is 2.29. The fraction of sp³-hybridized carbons (Fsp3) is 0.429. The van der Waals surface area contributed by atoms with Crippen LogP contribution in [-0.4, -0.2) is 29.1 Å². The molecule has 106 valence electrons. The SMILES string of the molecule is N#CC(c1c(F)cccc1Cl)N1CCCC(C(=O)O)C1. The van der Waals surface area contributed by atoms with E-state index < -0.39 is 23.7 Å². The average Bonchev–Trinajstić information content (AvgIpc) is 2.43. The summed E-state index contributed by atoms with van der Waals surface area (Å²) in [6.45, 7) is 0.797. The molecule has 0 amide bonds. The van der Waals surface area contributed by atoms with Crippen molar-refractivity contribution in [3.8, 4) is 6.07 Å². The van der Waals surface area contributed by atoms with Crippen LogP contribution >= 0.6 is 11.6 Å². The van der Waals surface area contributed by atoms with Crippen LogP contribution in [-0.2, 0) is 4.79 Å². The largest absolute Gasteiger partial charge is 0.481 e. The van der Waals surface area contributed by atoms with Crippen molar-refractivity contribution in [1.29, 1.82) is 5.26 Å². The Labute approximate surface area is 121 Å². The molecule has 4 nitrogen and oxygen atoms in total. The second-order valence-electron chi connectivity index (χ2n) is 4.84. The lowest BCUT2D eigenvalue weighted by atomic mass is 9.95. The van der Waals surface area contributed by atoms with E-state index in [-0.39, 0.29) is 17.1 Å². The zero-order valence-corrected chi connectivity index (χ0v) is 11.5. The molecule has 20 heavy (non-hydrogen) atoms. The maximum Gasteiger partial charge on any atom is 0.307 e. The number of nitriles is 1. The molecule has 0 radical (unpaired) electrons. The van der Waals surface area contributed by atoms with Crippen molar-refractivity contribution < 1.29 is 14.3 Å². The lowest BCUT2D eigenvalue weighted by Crippen LogP contribution is -2.40. The molecule has 1 saturated heterocycles. The lowest BCUT2D eigenvalue weighted by Gasteiger charge is -2.34. The molecule has 1 aromatic rings. The number of likely N-dealkylation sites (tertiary alicyclic amines) is 1. The summed E-state index contributed by atoms with van der Waals surface area (Å²) in [6, 6.07) is 5.44. The Bertz CT molecular complexity index is 538. The number of aliphatic carboxylic acids is 1. The molecule has 0 spiro atoms. The average molecular weight is 297 g/mol. The van der Waals surface area contributed by atoms with Gasteiger partial charge >= 0.3 is 5.97 Å². The van der Waals surface area contributed by atoms with Gasteiger partial charge in [-0.2, -0.15) is 5.26 Å². The molecule has 1 heterocycles. The van der Waals surface area contributed by atoms with Crippen LogP contribution in [0.5, 0.6) is 0 Å². The highest BCUT2D eigenvalue weighted by molar-refractivity contribution is 6.31. The second-order valence-corrected chi connectivity index (χ2v) is 5.25. The molecule has 0 bridgehead atoms. The quantitative estimate of drug-likeness (QED) is 0.931. The molecule has 2 rings (SSSR count). The van der Waals surface area contributed by atoms with Gasteiger partial charge in [-0.05, 0) is 31.5 Å². The van der Waals surface area contributed by atoms with Gasteiger partial charge in [0.1, 0.15) is 11.9 Å². The van der Waals surface area contributed by atoms with E-state index in [2.05, 4.69) is 0 Å². The first-order chi connectivity index (χ1) is 9.54. The Hall–Kier alpha value is -1.64. The molecule has 1 aliphatic rings. The molecule has 0 aromatic heterocycles. The topological polar surface area (TPSA) is 64.3 Å². The van der Waals surface area contributed by atoms with E-state index in [1.807, 2.05) is 6.07 Å². The third kappa shape index (κ3) is 2.92. The first-order valence-corrected chi connectivity index (χ1v) is 6.72. The van der Waals surface area contributed by atoms with Gasteiger partial charge in [-0.3, -0.25) is 9.69 Å². The number of hydrogen-bond donors (Lipinski definition) is 1. The van der Waals surface area contributed by atoms with E-state index in [1.165, 1.54) is 18.2 Å². The predicted octanol–water partition coefficient (Wildman–Crippen LogP) is 2.84. The first kappa shape index (κ1) is 14.8. The molecule has 2 atom stereocenters. The van der Waals surface area contributed by atoms with Crippen molar-refractivity contribution in [2.45, 2.75) is 18.9 Å². The van der Waals surface area contributed by atoms with Crippen LogP contribution in [0.4, 0.5) is 4.39 Å². The number of piperidine rings is 1. The second kappa shape index (κ2) is 6.21. The van der Waals surface area contributed by atoms with E-state index in [0.717, 1.165) is 0 Å². The molecule has 1 aliphatic heterocycles. The van der Waals surface area contributed by atoms with Gasteiger partial charge in [0.25, 0.3) is 0 Å². The lowest BCUT2D eigenvalue weighted by molar-refractivity contribution is -0.143. The number of halogens is 2. The van der Waals surface area contributed by atoms with Crippen LogP contribution in [0.3, 0.4) is 0 Å². The first-order valence-electron chi connectivity index (χ1n) is 6.35. The molecule has 1 N–H and O–H groups in total. The number of benzene rings is 1. The minimum atomic E-state index is -0.883. The van der Waals surface area contributed by atoms with Gasteiger partial charge in [-0.15, -0.1) is 0 Å². The maximum absolute atomic E-state index is 13.9. The fourth-order valence-electron chi connectivity index (χ4n) is 2.54. The van der Waals surface area contributed by atoms with Crippen LogP contribution in [0.1, 0.15) is 24.4 Å². The highest BCUT2D eigenvalue weighted by atomic mass is 35.5. The van der Waals surface area contributed by atoms with Crippen LogP contribution in [0.25, 0.3) is 0 Å². The monoisotopic (exact) mass is 296 g/mol. The maximum atomic E-state index is 13.9. The smallest absolute Gasteiger partial charge is 0.307 e. The van der Waals surface area contributed by atoms with Gasteiger partial charge in [0.15, 0.2) is 0 Å². The highest BCUT2D eigenvalue weighted by Gasteiger charge is 2.32. The van der Waals surface area contributed by atoms with E-state index in [0.29, 0.717) is 19.4 Å². The van der Waals surface area contributed by atoms with Crippen LogP contribution in [0.2, 0.25) is 5.02 Å². The van der Waals surface area contributed by atoms with E-state index in [1.54, 1.807) is 4.90 Å². The number of carbonyl (C=O) groups is 1. The third-order valence-corrected chi connectivity index (χ3v) is 3.89. The van der Waals surface area contributed by atoms with E-state index in [9.17, 15) is 14.4 Å².